The van der Waals surface area contributed by atoms with Crippen molar-refractivity contribution in [2.75, 3.05) is 0 Å². The molecule has 10 rings (SSSR count). The Morgan fingerprint density at radius 2 is 1.02 bits per heavy atom. The van der Waals surface area contributed by atoms with Gasteiger partial charge >= 0.3 is 0 Å². The molecular formula is C42H26O. The highest BCUT2D eigenvalue weighted by atomic mass is 16.3. The Labute approximate surface area is 249 Å². The SMILES string of the molecule is c1ccc2c(c1)-c1ccccc1C21c2ccccc2-c2ccc(Cc3cc4ccccc4c4c3oc3ccccc34)cc21. The molecule has 0 aliphatic heterocycles. The Morgan fingerprint density at radius 1 is 0.465 bits per heavy atom. The van der Waals surface area contributed by atoms with E-state index in [9.17, 15) is 0 Å². The highest BCUT2D eigenvalue weighted by molar-refractivity contribution is 6.19. The first kappa shape index (κ1) is 23.2. The molecule has 0 bridgehead atoms. The minimum absolute atomic E-state index is 0.326. The van der Waals surface area contributed by atoms with Gasteiger partial charge in [0.1, 0.15) is 11.2 Å². The first-order valence-electron chi connectivity index (χ1n) is 15.1. The molecule has 43 heavy (non-hydrogen) atoms. The van der Waals surface area contributed by atoms with Gasteiger partial charge in [-0.3, -0.25) is 0 Å². The lowest BCUT2D eigenvalue weighted by atomic mass is 9.70. The van der Waals surface area contributed by atoms with Crippen LogP contribution in [0.2, 0.25) is 0 Å². The van der Waals surface area contributed by atoms with Crippen LogP contribution in [0.3, 0.4) is 0 Å². The summed E-state index contributed by atoms with van der Waals surface area (Å²) in [6.07, 6.45) is 0.796. The number of para-hydroxylation sites is 1. The van der Waals surface area contributed by atoms with E-state index in [1.54, 1.807) is 0 Å². The molecule has 7 aromatic carbocycles. The minimum atomic E-state index is -0.326. The van der Waals surface area contributed by atoms with Gasteiger partial charge in [0.15, 0.2) is 0 Å². The van der Waals surface area contributed by atoms with Gasteiger partial charge < -0.3 is 4.42 Å². The van der Waals surface area contributed by atoms with Crippen molar-refractivity contribution < 1.29 is 4.42 Å². The minimum Gasteiger partial charge on any atom is -0.456 e. The van der Waals surface area contributed by atoms with Crippen molar-refractivity contribution in [2.45, 2.75) is 11.8 Å². The average Bonchev–Trinajstić information content (AvgIpc) is 3.70. The summed E-state index contributed by atoms with van der Waals surface area (Å²) in [5, 5.41) is 4.89. The third-order valence-electron chi connectivity index (χ3n) is 9.90. The zero-order chi connectivity index (χ0) is 28.1. The fourth-order valence-electron chi connectivity index (χ4n) is 8.25. The second kappa shape index (κ2) is 8.33. The molecule has 0 atom stereocenters. The van der Waals surface area contributed by atoms with Gasteiger partial charge in [-0.1, -0.05) is 133 Å². The van der Waals surface area contributed by atoms with Crippen LogP contribution in [-0.4, -0.2) is 0 Å². The fraction of sp³-hybridized carbons (Fsp3) is 0.0476. The summed E-state index contributed by atoms with van der Waals surface area (Å²) in [4.78, 5) is 0. The molecule has 1 nitrogen and oxygen atoms in total. The van der Waals surface area contributed by atoms with Gasteiger partial charge in [-0.05, 0) is 73.0 Å². The molecule has 0 N–H and O–H groups in total. The molecule has 0 fully saturated rings. The van der Waals surface area contributed by atoms with Crippen molar-refractivity contribution in [3.63, 3.8) is 0 Å². The summed E-state index contributed by atoms with van der Waals surface area (Å²) in [6, 6.07) is 53.6. The molecule has 1 heteroatoms. The quantitative estimate of drug-likeness (QED) is 0.210. The molecule has 1 spiro atoms. The van der Waals surface area contributed by atoms with Gasteiger partial charge in [0.05, 0.1) is 5.41 Å². The van der Waals surface area contributed by atoms with Crippen LogP contribution in [0.5, 0.6) is 0 Å². The fourth-order valence-corrected chi connectivity index (χ4v) is 8.25. The average molecular weight is 547 g/mol. The zero-order valence-corrected chi connectivity index (χ0v) is 23.5. The van der Waals surface area contributed by atoms with E-state index in [-0.39, 0.29) is 5.41 Å². The summed E-state index contributed by atoms with van der Waals surface area (Å²) >= 11 is 0. The van der Waals surface area contributed by atoms with Crippen molar-refractivity contribution in [3.05, 3.63) is 179 Å². The molecule has 0 unspecified atom stereocenters. The highest BCUT2D eigenvalue weighted by Gasteiger charge is 2.51. The predicted octanol–water partition coefficient (Wildman–Crippen LogP) is 10.7. The van der Waals surface area contributed by atoms with E-state index in [1.165, 1.54) is 77.2 Å². The maximum Gasteiger partial charge on any atom is 0.139 e. The molecule has 8 aromatic rings. The molecule has 0 amide bonds. The smallest absolute Gasteiger partial charge is 0.139 e. The Morgan fingerprint density at radius 3 is 1.72 bits per heavy atom. The van der Waals surface area contributed by atoms with E-state index >= 15 is 0 Å². The summed E-state index contributed by atoms with van der Waals surface area (Å²) in [5.41, 5.74) is 15.0. The van der Waals surface area contributed by atoms with Crippen LogP contribution in [-0.2, 0) is 11.8 Å². The van der Waals surface area contributed by atoms with Gasteiger partial charge in [-0.25, -0.2) is 0 Å². The summed E-state index contributed by atoms with van der Waals surface area (Å²) in [5.74, 6) is 0. The number of furan rings is 1. The Bertz CT molecular complexity index is 2380. The van der Waals surface area contributed by atoms with Crippen molar-refractivity contribution in [1.29, 1.82) is 0 Å². The zero-order valence-electron chi connectivity index (χ0n) is 23.5. The van der Waals surface area contributed by atoms with E-state index in [2.05, 4.69) is 146 Å². The van der Waals surface area contributed by atoms with Crippen molar-refractivity contribution >= 4 is 32.7 Å². The van der Waals surface area contributed by atoms with Gasteiger partial charge in [0, 0.05) is 22.8 Å². The van der Waals surface area contributed by atoms with E-state index in [0.29, 0.717) is 0 Å². The number of fused-ring (bicyclic) bond motifs is 15. The molecule has 0 radical (unpaired) electrons. The summed E-state index contributed by atoms with van der Waals surface area (Å²) in [7, 11) is 0. The summed E-state index contributed by atoms with van der Waals surface area (Å²) in [6.45, 7) is 0. The molecule has 0 saturated carbocycles. The van der Waals surface area contributed by atoms with Crippen LogP contribution in [0.25, 0.3) is 55.0 Å². The lowest BCUT2D eigenvalue weighted by molar-refractivity contribution is 0.664. The van der Waals surface area contributed by atoms with Crippen molar-refractivity contribution in [3.8, 4) is 22.3 Å². The molecule has 2 aliphatic carbocycles. The topological polar surface area (TPSA) is 13.1 Å². The van der Waals surface area contributed by atoms with Gasteiger partial charge in [-0.2, -0.15) is 0 Å². The van der Waals surface area contributed by atoms with Crippen LogP contribution in [0.15, 0.2) is 150 Å². The summed E-state index contributed by atoms with van der Waals surface area (Å²) < 4.78 is 6.59. The van der Waals surface area contributed by atoms with Crippen LogP contribution in [0.4, 0.5) is 0 Å². The van der Waals surface area contributed by atoms with E-state index < -0.39 is 0 Å². The van der Waals surface area contributed by atoms with E-state index in [0.717, 1.165) is 17.6 Å². The second-order valence-electron chi connectivity index (χ2n) is 12.0. The van der Waals surface area contributed by atoms with Gasteiger partial charge in [0.2, 0.25) is 0 Å². The first-order chi connectivity index (χ1) is 21.3. The highest BCUT2D eigenvalue weighted by Crippen LogP contribution is 2.62. The first-order valence-corrected chi connectivity index (χ1v) is 15.1. The lowest BCUT2D eigenvalue weighted by Gasteiger charge is -2.30. The molecular weight excluding hydrogens is 520 g/mol. The van der Waals surface area contributed by atoms with E-state index in [1.807, 2.05) is 0 Å². The van der Waals surface area contributed by atoms with E-state index in [4.69, 9.17) is 4.42 Å². The lowest BCUT2D eigenvalue weighted by Crippen LogP contribution is -2.26. The van der Waals surface area contributed by atoms with Crippen LogP contribution < -0.4 is 0 Å². The maximum atomic E-state index is 6.59. The predicted molar refractivity (Wildman–Crippen MR) is 177 cm³/mol. The molecule has 2 aliphatic rings. The molecule has 1 heterocycles. The third kappa shape index (κ3) is 2.92. The Kier molecular flexibility index (Phi) is 4.50. The number of hydrogen-bond acceptors (Lipinski definition) is 1. The van der Waals surface area contributed by atoms with Crippen molar-refractivity contribution in [2.24, 2.45) is 0 Å². The van der Waals surface area contributed by atoms with Crippen molar-refractivity contribution in [1.82, 2.24) is 0 Å². The Hall–Kier alpha value is -5.40. The number of rotatable bonds is 2. The number of hydrogen-bond donors (Lipinski definition) is 0. The van der Waals surface area contributed by atoms with Gasteiger partial charge in [0.25, 0.3) is 0 Å². The van der Waals surface area contributed by atoms with Crippen LogP contribution >= 0.6 is 0 Å². The molecule has 1 aromatic heterocycles. The third-order valence-corrected chi connectivity index (χ3v) is 9.90. The molecule has 200 valence electrons. The monoisotopic (exact) mass is 546 g/mol. The van der Waals surface area contributed by atoms with Crippen LogP contribution in [0.1, 0.15) is 33.4 Å². The van der Waals surface area contributed by atoms with Crippen LogP contribution in [0, 0.1) is 0 Å². The van der Waals surface area contributed by atoms with Gasteiger partial charge in [-0.15, -0.1) is 0 Å². The molecule has 0 saturated heterocycles. The maximum absolute atomic E-state index is 6.59. The standard InChI is InChI=1S/C42H26O/c1-2-12-29-27(11-1)25-28(41-40(29)34-16-6-10-20-39(34)43-41)23-26-21-22-33-32-15-5-9-19-37(32)42(38(33)24-26)35-17-7-3-13-30(35)31-14-4-8-18-36(31)42/h1-22,24-25H,23H2. The largest absolute Gasteiger partial charge is 0.456 e. The number of benzene rings is 7. The second-order valence-corrected chi connectivity index (χ2v) is 12.0. The normalized spacial score (nSPS) is 13.9. The Balaban J connectivity index is 1.23.